The molecule has 0 atom stereocenters. The molecule has 2 aliphatic carbocycles. The minimum absolute atomic E-state index is 0.0939. The van der Waals surface area contributed by atoms with E-state index in [2.05, 4.69) is 38.5 Å². The molecule has 32 heavy (non-hydrogen) atoms. The lowest BCUT2D eigenvalue weighted by Gasteiger charge is -2.13. The molecule has 9 heteroatoms. The molecule has 0 aliphatic heterocycles. The summed E-state index contributed by atoms with van der Waals surface area (Å²) >= 11 is 4.42. The Hall–Kier alpha value is -2.49. The normalized spacial score (nSPS) is 14.6. The quantitative estimate of drug-likeness (QED) is 0.323. The van der Waals surface area contributed by atoms with Crippen LogP contribution in [0.4, 0.5) is 5.13 Å². The van der Waals surface area contributed by atoms with Gasteiger partial charge in [0.25, 0.3) is 5.56 Å². The van der Waals surface area contributed by atoms with Crippen LogP contribution in [0.1, 0.15) is 33.7 Å². The minimum Gasteiger partial charge on any atom is -0.301 e. The van der Waals surface area contributed by atoms with E-state index in [0.717, 1.165) is 53.6 Å². The van der Waals surface area contributed by atoms with E-state index in [4.69, 9.17) is 0 Å². The van der Waals surface area contributed by atoms with Gasteiger partial charge in [-0.2, -0.15) is 0 Å². The first-order valence-corrected chi connectivity index (χ1v) is 13.3. The summed E-state index contributed by atoms with van der Waals surface area (Å²) in [5.41, 5.74) is 4.53. The van der Waals surface area contributed by atoms with Crippen LogP contribution >= 0.6 is 34.4 Å². The first kappa shape index (κ1) is 20.1. The number of thioether (sulfide) groups is 1. The second-order valence-electron chi connectivity index (χ2n) is 8.05. The molecular weight excluding hydrogens is 460 g/mol. The Bertz CT molecular complexity index is 1420. The number of thiazole rings is 1. The van der Waals surface area contributed by atoms with Gasteiger partial charge in [0, 0.05) is 15.3 Å². The highest BCUT2D eigenvalue weighted by Gasteiger charge is 2.22. The van der Waals surface area contributed by atoms with Crippen molar-refractivity contribution in [3.63, 3.8) is 0 Å². The summed E-state index contributed by atoms with van der Waals surface area (Å²) < 4.78 is 0. The number of nitrogens with zero attached hydrogens (tertiary/aromatic N) is 2. The number of amides is 1. The molecule has 1 amide bonds. The Labute approximate surface area is 196 Å². The third kappa shape index (κ3) is 3.58. The topological polar surface area (TPSA) is 87.7 Å². The number of aromatic amines is 1. The molecule has 4 aromatic rings. The van der Waals surface area contributed by atoms with Gasteiger partial charge in [-0.1, -0.05) is 36.0 Å². The van der Waals surface area contributed by atoms with Crippen molar-refractivity contribution in [3.8, 4) is 11.3 Å². The van der Waals surface area contributed by atoms with Crippen molar-refractivity contribution in [1.82, 2.24) is 15.0 Å². The number of carbonyl (C=O) groups is 1. The molecule has 0 fully saturated rings. The van der Waals surface area contributed by atoms with Gasteiger partial charge in [0.1, 0.15) is 4.83 Å². The van der Waals surface area contributed by atoms with Crippen LogP contribution in [-0.4, -0.2) is 26.6 Å². The van der Waals surface area contributed by atoms with Crippen molar-refractivity contribution < 1.29 is 4.79 Å². The van der Waals surface area contributed by atoms with Crippen LogP contribution in [0.25, 0.3) is 21.5 Å². The predicted octanol–water partition coefficient (Wildman–Crippen LogP) is 4.82. The lowest BCUT2D eigenvalue weighted by molar-refractivity contribution is -0.113. The number of aromatic nitrogens is 3. The molecule has 3 heterocycles. The second kappa shape index (κ2) is 8.13. The molecule has 162 valence electrons. The second-order valence-corrected chi connectivity index (χ2v) is 11.2. The van der Waals surface area contributed by atoms with E-state index in [-0.39, 0.29) is 17.2 Å². The molecule has 6 rings (SSSR count). The molecule has 0 radical (unpaired) electrons. The number of carbonyl (C=O) groups excluding carboxylic acids is 1. The summed E-state index contributed by atoms with van der Waals surface area (Å²) in [4.78, 5) is 40.7. The lowest BCUT2D eigenvalue weighted by Crippen LogP contribution is -2.15. The number of hydrogen-bond acceptors (Lipinski definition) is 7. The van der Waals surface area contributed by atoms with Crippen LogP contribution in [0.5, 0.6) is 0 Å². The van der Waals surface area contributed by atoms with Crippen LogP contribution in [-0.2, 0) is 30.5 Å². The van der Waals surface area contributed by atoms with Crippen molar-refractivity contribution in [1.29, 1.82) is 0 Å². The largest absolute Gasteiger partial charge is 0.301 e. The maximum atomic E-state index is 12.7. The zero-order valence-corrected chi connectivity index (χ0v) is 19.6. The maximum absolute atomic E-state index is 12.7. The number of nitrogens with one attached hydrogen (secondary N) is 2. The third-order valence-electron chi connectivity index (χ3n) is 5.98. The molecule has 2 aliphatic rings. The zero-order valence-electron chi connectivity index (χ0n) is 17.2. The van der Waals surface area contributed by atoms with E-state index >= 15 is 0 Å². The van der Waals surface area contributed by atoms with E-state index < -0.39 is 0 Å². The van der Waals surface area contributed by atoms with Gasteiger partial charge in [-0.25, -0.2) is 9.97 Å². The van der Waals surface area contributed by atoms with Gasteiger partial charge in [0.05, 0.1) is 16.8 Å². The molecule has 0 unspecified atom stereocenters. The van der Waals surface area contributed by atoms with Gasteiger partial charge in [0.2, 0.25) is 5.91 Å². The Morgan fingerprint density at radius 3 is 2.88 bits per heavy atom. The summed E-state index contributed by atoms with van der Waals surface area (Å²) in [6.45, 7) is 0. The fourth-order valence-corrected chi connectivity index (χ4v) is 7.48. The minimum atomic E-state index is -0.150. The number of rotatable bonds is 4. The van der Waals surface area contributed by atoms with Gasteiger partial charge >= 0.3 is 0 Å². The van der Waals surface area contributed by atoms with Crippen molar-refractivity contribution >= 4 is 55.7 Å². The summed E-state index contributed by atoms with van der Waals surface area (Å²) in [6, 6.07) is 8.31. The lowest BCUT2D eigenvalue weighted by atomic mass is 9.94. The van der Waals surface area contributed by atoms with Crippen LogP contribution in [0, 0.1) is 0 Å². The standard InChI is InChI=1S/C23H20N4O2S3/c28-17(24-23-25-19-13-6-2-1-5-12(13)9-10-16(19)32-23)11-30-22-26-20(29)18-14-7-3-4-8-15(14)31-21(18)27-22/h1-2,5-6H,3-4,7-11H2,(H,24,25,28)(H,26,27,29). The molecule has 6 nitrogen and oxygen atoms in total. The molecule has 0 bridgehead atoms. The van der Waals surface area contributed by atoms with Gasteiger partial charge in [-0.15, -0.1) is 22.7 Å². The SMILES string of the molecule is O=C(CSc1nc2sc3c(c2c(=O)[nH]1)CCCC3)Nc1nc2c(s1)CCc1ccccc1-2. The summed E-state index contributed by atoms with van der Waals surface area (Å²) in [5.74, 6) is 0.0167. The number of thiophene rings is 1. The highest BCUT2D eigenvalue weighted by atomic mass is 32.2. The number of hydrogen-bond donors (Lipinski definition) is 2. The van der Waals surface area contributed by atoms with Gasteiger partial charge in [0.15, 0.2) is 10.3 Å². The molecule has 2 N–H and O–H groups in total. The third-order valence-corrected chi connectivity index (χ3v) is 9.07. The van der Waals surface area contributed by atoms with Crippen molar-refractivity contribution in [2.45, 2.75) is 43.7 Å². The summed E-state index contributed by atoms with van der Waals surface area (Å²) in [5, 5.41) is 4.78. The van der Waals surface area contributed by atoms with Crippen LogP contribution in [0.2, 0.25) is 0 Å². The Morgan fingerprint density at radius 1 is 1.06 bits per heavy atom. The van der Waals surface area contributed by atoms with Crippen LogP contribution in [0.15, 0.2) is 34.2 Å². The van der Waals surface area contributed by atoms with Gasteiger partial charge in [-0.3, -0.25) is 9.59 Å². The fraction of sp³-hybridized carbons (Fsp3) is 0.304. The smallest absolute Gasteiger partial charge is 0.260 e. The molecule has 1 aromatic carbocycles. The Morgan fingerprint density at radius 2 is 1.94 bits per heavy atom. The van der Waals surface area contributed by atoms with E-state index in [1.807, 2.05) is 6.07 Å². The van der Waals surface area contributed by atoms with Crippen LogP contribution in [0.3, 0.4) is 0 Å². The average Bonchev–Trinajstić information content (AvgIpc) is 3.38. The highest BCUT2D eigenvalue weighted by Crippen LogP contribution is 2.38. The molecular formula is C23H20N4O2S3. The number of fused-ring (bicyclic) bond motifs is 6. The number of benzene rings is 1. The first-order chi connectivity index (χ1) is 15.7. The molecule has 0 saturated carbocycles. The molecule has 0 spiro atoms. The monoisotopic (exact) mass is 480 g/mol. The number of H-pyrrole nitrogens is 1. The summed E-state index contributed by atoms with van der Waals surface area (Å²) in [7, 11) is 0. The van der Waals surface area contributed by atoms with Crippen molar-refractivity contribution in [2.75, 3.05) is 11.1 Å². The van der Waals surface area contributed by atoms with Crippen molar-refractivity contribution in [3.05, 3.63) is 55.5 Å². The highest BCUT2D eigenvalue weighted by molar-refractivity contribution is 7.99. The van der Waals surface area contributed by atoms with Gasteiger partial charge in [-0.05, 0) is 49.7 Å². The molecule has 3 aromatic heterocycles. The molecule has 0 saturated heterocycles. The maximum Gasteiger partial charge on any atom is 0.260 e. The zero-order chi connectivity index (χ0) is 21.7. The van der Waals surface area contributed by atoms with Gasteiger partial charge < -0.3 is 10.3 Å². The average molecular weight is 481 g/mol. The Kier molecular flexibility index (Phi) is 5.12. The van der Waals surface area contributed by atoms with Crippen molar-refractivity contribution in [2.24, 2.45) is 0 Å². The van der Waals surface area contributed by atoms with E-state index in [0.29, 0.717) is 10.3 Å². The Balaban J connectivity index is 1.17. The fourth-order valence-electron chi connectivity index (χ4n) is 4.50. The van der Waals surface area contributed by atoms with E-state index in [1.54, 1.807) is 22.7 Å². The van der Waals surface area contributed by atoms with E-state index in [9.17, 15) is 9.59 Å². The number of aryl methyl sites for hydroxylation is 4. The van der Waals surface area contributed by atoms with Crippen LogP contribution < -0.4 is 10.9 Å². The first-order valence-electron chi connectivity index (χ1n) is 10.7. The summed E-state index contributed by atoms with van der Waals surface area (Å²) in [6.07, 6.45) is 6.24. The number of anilines is 1. The van der Waals surface area contributed by atoms with E-state index in [1.165, 1.54) is 39.1 Å². The predicted molar refractivity (Wildman–Crippen MR) is 131 cm³/mol.